The molecule has 0 radical (unpaired) electrons. The monoisotopic (exact) mass is 260 g/mol. The summed E-state index contributed by atoms with van der Waals surface area (Å²) in [5, 5.41) is 9.83. The lowest BCUT2D eigenvalue weighted by Crippen LogP contribution is -2.50. The molecule has 2 fully saturated rings. The minimum atomic E-state index is -0.319. The van der Waals surface area contributed by atoms with Crippen molar-refractivity contribution >= 4 is 5.69 Å². The summed E-state index contributed by atoms with van der Waals surface area (Å²) in [4.78, 5) is 5.13. The van der Waals surface area contributed by atoms with Crippen LogP contribution >= 0.6 is 0 Å². The summed E-state index contributed by atoms with van der Waals surface area (Å²) in [7, 11) is 0. The predicted molar refractivity (Wildman–Crippen MR) is 78.5 cm³/mol. The second kappa shape index (κ2) is 5.51. The Hall–Kier alpha value is -1.06. The van der Waals surface area contributed by atoms with Gasteiger partial charge in [-0.25, -0.2) is 0 Å². The predicted octanol–water partition coefficient (Wildman–Crippen LogP) is 2.41. The lowest BCUT2D eigenvalue weighted by Gasteiger charge is -2.38. The van der Waals surface area contributed by atoms with Gasteiger partial charge in [-0.1, -0.05) is 19.1 Å². The Morgan fingerprint density at radius 2 is 2.00 bits per heavy atom. The molecule has 2 atom stereocenters. The van der Waals surface area contributed by atoms with E-state index in [4.69, 9.17) is 0 Å². The van der Waals surface area contributed by atoms with E-state index < -0.39 is 0 Å². The molecule has 2 heterocycles. The van der Waals surface area contributed by atoms with Crippen LogP contribution in [0.5, 0.6) is 0 Å². The lowest BCUT2D eigenvalue weighted by molar-refractivity contribution is 0.173. The Kier molecular flexibility index (Phi) is 3.76. The van der Waals surface area contributed by atoms with Gasteiger partial charge >= 0.3 is 0 Å². The number of anilines is 1. The van der Waals surface area contributed by atoms with Gasteiger partial charge in [0.15, 0.2) is 0 Å². The molecule has 104 valence electrons. The molecule has 0 aromatic heterocycles. The van der Waals surface area contributed by atoms with Crippen LogP contribution in [0.15, 0.2) is 24.3 Å². The Labute approximate surface area is 115 Å². The van der Waals surface area contributed by atoms with Crippen molar-refractivity contribution in [2.24, 2.45) is 0 Å². The van der Waals surface area contributed by atoms with E-state index in [9.17, 15) is 5.11 Å². The molecule has 3 heteroatoms. The van der Waals surface area contributed by atoms with Gasteiger partial charge in [0.05, 0.1) is 6.10 Å². The van der Waals surface area contributed by atoms with Gasteiger partial charge in [-0.05, 0) is 43.5 Å². The van der Waals surface area contributed by atoms with Crippen LogP contribution in [0.2, 0.25) is 0 Å². The van der Waals surface area contributed by atoms with Crippen LogP contribution in [0, 0.1) is 0 Å². The molecule has 19 heavy (non-hydrogen) atoms. The van der Waals surface area contributed by atoms with Gasteiger partial charge in [-0.15, -0.1) is 0 Å². The molecule has 3 rings (SSSR count). The highest BCUT2D eigenvalue weighted by Gasteiger charge is 2.30. The van der Waals surface area contributed by atoms with Crippen molar-refractivity contribution in [3.05, 3.63) is 29.8 Å². The molecule has 0 saturated carbocycles. The van der Waals surface area contributed by atoms with E-state index in [-0.39, 0.29) is 6.10 Å². The number of hydrogen-bond acceptors (Lipinski definition) is 3. The van der Waals surface area contributed by atoms with E-state index >= 15 is 0 Å². The minimum absolute atomic E-state index is 0.319. The third kappa shape index (κ3) is 2.63. The average Bonchev–Trinajstić information content (AvgIpc) is 2.94. The maximum absolute atomic E-state index is 9.83. The van der Waals surface area contributed by atoms with Gasteiger partial charge < -0.3 is 10.0 Å². The molecular weight excluding hydrogens is 236 g/mol. The number of hydrogen-bond donors (Lipinski definition) is 1. The van der Waals surface area contributed by atoms with Gasteiger partial charge in [0.2, 0.25) is 0 Å². The van der Waals surface area contributed by atoms with Crippen LogP contribution in [0.4, 0.5) is 5.69 Å². The van der Waals surface area contributed by atoms with Crippen LogP contribution in [0.1, 0.15) is 37.9 Å². The quantitative estimate of drug-likeness (QED) is 0.904. The first-order valence-corrected chi connectivity index (χ1v) is 7.55. The Bertz CT molecular complexity index is 417. The second-order valence-electron chi connectivity index (χ2n) is 5.79. The molecule has 0 amide bonds. The first-order chi connectivity index (χ1) is 9.28. The molecule has 1 aromatic carbocycles. The highest BCUT2D eigenvalue weighted by Crippen LogP contribution is 2.26. The molecule has 1 aromatic rings. The number of fused-ring (bicyclic) bond motifs is 1. The van der Waals surface area contributed by atoms with Crippen LogP contribution in [0.25, 0.3) is 0 Å². The van der Waals surface area contributed by atoms with Crippen molar-refractivity contribution in [2.45, 2.75) is 38.3 Å². The maximum atomic E-state index is 9.83. The number of piperazine rings is 1. The minimum Gasteiger partial charge on any atom is -0.388 e. The van der Waals surface area contributed by atoms with E-state index in [2.05, 4.69) is 34.1 Å². The number of nitrogens with zero attached hydrogens (tertiary/aromatic N) is 2. The zero-order chi connectivity index (χ0) is 13.2. The van der Waals surface area contributed by atoms with Crippen LogP contribution in [-0.2, 0) is 0 Å². The summed E-state index contributed by atoms with van der Waals surface area (Å²) < 4.78 is 0. The Morgan fingerprint density at radius 1 is 1.21 bits per heavy atom. The molecule has 3 nitrogen and oxygen atoms in total. The van der Waals surface area contributed by atoms with Crippen molar-refractivity contribution in [3.63, 3.8) is 0 Å². The van der Waals surface area contributed by atoms with Gasteiger partial charge in [-0.3, -0.25) is 4.90 Å². The zero-order valence-corrected chi connectivity index (χ0v) is 11.8. The van der Waals surface area contributed by atoms with Gasteiger partial charge in [-0.2, -0.15) is 0 Å². The highest BCUT2D eigenvalue weighted by molar-refractivity contribution is 5.48. The Morgan fingerprint density at radius 3 is 2.74 bits per heavy atom. The zero-order valence-electron chi connectivity index (χ0n) is 11.8. The fraction of sp³-hybridized carbons (Fsp3) is 0.625. The third-order valence-electron chi connectivity index (χ3n) is 4.62. The average molecular weight is 260 g/mol. The topological polar surface area (TPSA) is 26.7 Å². The molecule has 2 aliphatic heterocycles. The fourth-order valence-electron chi connectivity index (χ4n) is 3.37. The number of aliphatic hydroxyl groups is 1. The standard InChI is InChI=1S/C16H24N2O/c1-2-16(19)13-5-7-14(8-6-13)18-11-10-17-9-3-4-15(17)12-18/h5-8,15-16,19H,2-4,9-12H2,1H3. The highest BCUT2D eigenvalue weighted by atomic mass is 16.3. The van der Waals surface area contributed by atoms with Gasteiger partial charge in [0, 0.05) is 31.4 Å². The number of rotatable bonds is 3. The van der Waals surface area contributed by atoms with Crippen LogP contribution in [-0.4, -0.2) is 42.2 Å². The van der Waals surface area contributed by atoms with Crippen LogP contribution in [0.3, 0.4) is 0 Å². The second-order valence-corrected chi connectivity index (χ2v) is 5.79. The molecule has 2 unspecified atom stereocenters. The fourth-order valence-corrected chi connectivity index (χ4v) is 3.37. The normalized spacial score (nSPS) is 25.4. The molecule has 1 N–H and O–H groups in total. The summed E-state index contributed by atoms with van der Waals surface area (Å²) in [6, 6.07) is 9.24. The van der Waals surface area contributed by atoms with Crippen molar-refractivity contribution < 1.29 is 5.11 Å². The van der Waals surface area contributed by atoms with Crippen molar-refractivity contribution in [1.29, 1.82) is 0 Å². The van der Waals surface area contributed by atoms with Gasteiger partial charge in [0.1, 0.15) is 0 Å². The Balaban J connectivity index is 1.69. The van der Waals surface area contributed by atoms with Crippen molar-refractivity contribution in [2.75, 3.05) is 31.1 Å². The molecular formula is C16H24N2O. The number of benzene rings is 1. The van der Waals surface area contributed by atoms with Crippen molar-refractivity contribution in [3.8, 4) is 0 Å². The summed E-state index contributed by atoms with van der Waals surface area (Å²) in [6.45, 7) is 6.80. The molecule has 2 aliphatic rings. The summed E-state index contributed by atoms with van der Waals surface area (Å²) in [6.07, 6.45) is 3.17. The molecule has 0 spiro atoms. The van der Waals surface area contributed by atoms with Crippen LogP contribution < -0.4 is 4.90 Å². The summed E-state index contributed by atoms with van der Waals surface area (Å²) >= 11 is 0. The summed E-state index contributed by atoms with van der Waals surface area (Å²) in [5.41, 5.74) is 2.34. The third-order valence-corrected chi connectivity index (χ3v) is 4.62. The van der Waals surface area contributed by atoms with E-state index in [0.717, 1.165) is 31.1 Å². The van der Waals surface area contributed by atoms with E-state index in [1.807, 2.05) is 6.92 Å². The first-order valence-electron chi connectivity index (χ1n) is 7.55. The SMILES string of the molecule is CCC(O)c1ccc(N2CCN3CCCC3C2)cc1. The maximum Gasteiger partial charge on any atom is 0.0787 e. The largest absolute Gasteiger partial charge is 0.388 e. The van der Waals surface area contributed by atoms with Crippen molar-refractivity contribution in [1.82, 2.24) is 4.90 Å². The van der Waals surface area contributed by atoms with E-state index in [1.54, 1.807) is 0 Å². The van der Waals surface area contributed by atoms with Gasteiger partial charge in [0.25, 0.3) is 0 Å². The smallest absolute Gasteiger partial charge is 0.0787 e. The molecule has 2 saturated heterocycles. The van der Waals surface area contributed by atoms with E-state index in [0.29, 0.717) is 0 Å². The lowest BCUT2D eigenvalue weighted by atomic mass is 10.1. The number of aliphatic hydroxyl groups excluding tert-OH is 1. The first kappa shape index (κ1) is 12.9. The molecule has 0 bridgehead atoms. The van der Waals surface area contributed by atoms with E-state index in [1.165, 1.54) is 31.6 Å². The summed E-state index contributed by atoms with van der Waals surface area (Å²) in [5.74, 6) is 0. The molecule has 0 aliphatic carbocycles.